The lowest BCUT2D eigenvalue weighted by Gasteiger charge is -2.13. The highest BCUT2D eigenvalue weighted by Crippen LogP contribution is 2.18. The number of hydrogen-bond acceptors (Lipinski definition) is 3. The molecule has 0 aliphatic heterocycles. The van der Waals surface area contributed by atoms with Gasteiger partial charge >= 0.3 is 0 Å². The van der Waals surface area contributed by atoms with Crippen molar-refractivity contribution < 1.29 is 9.18 Å². The number of nitrogens with zero attached hydrogens (tertiary/aromatic N) is 1. The number of amides is 1. The number of thiol groups is 1. The molecule has 1 N–H and O–H groups in total. The number of anilines is 2. The van der Waals surface area contributed by atoms with Gasteiger partial charge in [0.1, 0.15) is 5.82 Å². The van der Waals surface area contributed by atoms with E-state index in [1.165, 1.54) is 18.2 Å². The molecular formula is C15H15FN2OS. The van der Waals surface area contributed by atoms with Crippen LogP contribution in [-0.2, 0) is 0 Å². The van der Waals surface area contributed by atoms with Gasteiger partial charge in [0.05, 0.1) is 5.56 Å². The average Bonchev–Trinajstić information content (AvgIpc) is 2.42. The van der Waals surface area contributed by atoms with Crippen LogP contribution in [0.5, 0.6) is 0 Å². The topological polar surface area (TPSA) is 32.3 Å². The predicted octanol–water partition coefficient (Wildman–Crippen LogP) is 3.43. The van der Waals surface area contributed by atoms with Gasteiger partial charge in [-0.15, -0.1) is 12.6 Å². The summed E-state index contributed by atoms with van der Waals surface area (Å²) in [4.78, 5) is 14.5. The molecule has 1 amide bonds. The Morgan fingerprint density at radius 3 is 2.40 bits per heavy atom. The molecule has 0 aliphatic rings. The smallest absolute Gasteiger partial charge is 0.258 e. The Labute approximate surface area is 122 Å². The summed E-state index contributed by atoms with van der Waals surface area (Å²) in [5, 5.41) is 2.66. The first kappa shape index (κ1) is 14.4. The Morgan fingerprint density at radius 1 is 1.15 bits per heavy atom. The minimum absolute atomic E-state index is 0.0193. The Morgan fingerprint density at radius 2 is 1.80 bits per heavy atom. The molecule has 0 atom stereocenters. The Balaban J connectivity index is 2.17. The highest BCUT2D eigenvalue weighted by Gasteiger charge is 2.12. The van der Waals surface area contributed by atoms with E-state index in [4.69, 9.17) is 0 Å². The highest BCUT2D eigenvalue weighted by molar-refractivity contribution is 7.80. The largest absolute Gasteiger partial charge is 0.378 e. The van der Waals surface area contributed by atoms with Crippen LogP contribution in [0.3, 0.4) is 0 Å². The zero-order chi connectivity index (χ0) is 14.7. The van der Waals surface area contributed by atoms with Gasteiger partial charge in [0.15, 0.2) is 0 Å². The van der Waals surface area contributed by atoms with Gasteiger partial charge in [0.2, 0.25) is 0 Å². The van der Waals surface area contributed by atoms with Crippen LogP contribution in [0.15, 0.2) is 47.4 Å². The molecule has 0 bridgehead atoms. The van der Waals surface area contributed by atoms with E-state index in [0.717, 1.165) is 5.69 Å². The minimum atomic E-state index is -0.565. The number of hydrogen-bond donors (Lipinski definition) is 2. The van der Waals surface area contributed by atoms with Crippen LogP contribution in [0.4, 0.5) is 15.8 Å². The molecule has 0 aromatic heterocycles. The van der Waals surface area contributed by atoms with Crippen LogP contribution in [0.2, 0.25) is 0 Å². The first-order valence-electron chi connectivity index (χ1n) is 6.04. The maximum absolute atomic E-state index is 13.6. The molecule has 2 aromatic carbocycles. The van der Waals surface area contributed by atoms with Crippen LogP contribution in [0.1, 0.15) is 10.4 Å². The molecule has 104 valence electrons. The second-order valence-electron chi connectivity index (χ2n) is 4.56. The van der Waals surface area contributed by atoms with Crippen LogP contribution < -0.4 is 10.2 Å². The molecule has 2 aromatic rings. The lowest BCUT2D eigenvalue weighted by molar-refractivity contribution is 0.102. The lowest BCUT2D eigenvalue weighted by Crippen LogP contribution is -2.14. The van der Waals surface area contributed by atoms with Crippen molar-refractivity contribution in [1.29, 1.82) is 0 Å². The monoisotopic (exact) mass is 290 g/mol. The zero-order valence-electron chi connectivity index (χ0n) is 11.2. The summed E-state index contributed by atoms with van der Waals surface area (Å²) in [6, 6.07) is 11.4. The third-order valence-corrected chi connectivity index (χ3v) is 3.11. The van der Waals surface area contributed by atoms with Crippen molar-refractivity contribution >= 4 is 29.9 Å². The van der Waals surface area contributed by atoms with Crippen molar-refractivity contribution in [2.24, 2.45) is 0 Å². The maximum atomic E-state index is 13.6. The number of carbonyl (C=O) groups is 1. The summed E-state index contributed by atoms with van der Waals surface area (Å²) in [5.41, 5.74) is 1.62. The van der Waals surface area contributed by atoms with Gasteiger partial charge in [-0.2, -0.15) is 0 Å². The third-order valence-electron chi connectivity index (χ3n) is 2.84. The predicted molar refractivity (Wildman–Crippen MR) is 82.4 cm³/mol. The number of nitrogens with one attached hydrogen (secondary N) is 1. The Kier molecular flexibility index (Phi) is 4.29. The Bertz CT molecular complexity index is 626. The van der Waals surface area contributed by atoms with Crippen molar-refractivity contribution in [3.63, 3.8) is 0 Å². The second kappa shape index (κ2) is 5.96. The molecule has 0 saturated carbocycles. The fourth-order valence-corrected chi connectivity index (χ4v) is 1.93. The van der Waals surface area contributed by atoms with E-state index in [1.54, 1.807) is 12.1 Å². The fourth-order valence-electron chi connectivity index (χ4n) is 1.73. The van der Waals surface area contributed by atoms with Gasteiger partial charge in [-0.05, 0) is 42.5 Å². The SMILES string of the molecule is CN(C)c1ccc(NC(=O)c2cc(S)ccc2F)cc1. The summed E-state index contributed by atoms with van der Waals surface area (Å²) in [5.74, 6) is -1.05. The normalized spacial score (nSPS) is 10.2. The van der Waals surface area contributed by atoms with Crippen LogP contribution in [0, 0.1) is 5.82 Å². The van der Waals surface area contributed by atoms with Gasteiger partial charge in [-0.25, -0.2) is 4.39 Å². The van der Waals surface area contributed by atoms with E-state index in [-0.39, 0.29) is 5.56 Å². The number of halogens is 1. The second-order valence-corrected chi connectivity index (χ2v) is 5.08. The molecule has 0 saturated heterocycles. The summed E-state index contributed by atoms with van der Waals surface area (Å²) in [7, 11) is 3.86. The third kappa shape index (κ3) is 3.30. The molecule has 20 heavy (non-hydrogen) atoms. The van der Waals surface area contributed by atoms with Gasteiger partial charge in [-0.1, -0.05) is 0 Å². The van der Waals surface area contributed by atoms with Gasteiger partial charge in [0.25, 0.3) is 5.91 Å². The first-order chi connectivity index (χ1) is 9.47. The van der Waals surface area contributed by atoms with E-state index in [9.17, 15) is 9.18 Å². The Hall–Kier alpha value is -2.01. The van der Waals surface area contributed by atoms with Crippen molar-refractivity contribution in [3.8, 4) is 0 Å². The highest BCUT2D eigenvalue weighted by atomic mass is 32.1. The molecule has 5 heteroatoms. The van der Waals surface area contributed by atoms with Crippen molar-refractivity contribution in [2.45, 2.75) is 4.90 Å². The summed E-state index contributed by atoms with van der Waals surface area (Å²) in [6.45, 7) is 0. The van der Waals surface area contributed by atoms with Crippen molar-refractivity contribution in [1.82, 2.24) is 0 Å². The summed E-state index contributed by atoms with van der Waals surface area (Å²) < 4.78 is 13.6. The standard InChI is InChI=1S/C15H15FN2OS/c1-18(2)11-5-3-10(4-6-11)17-15(19)13-9-12(20)7-8-14(13)16/h3-9,20H,1-2H3,(H,17,19). The van der Waals surface area contributed by atoms with Gasteiger partial charge < -0.3 is 10.2 Å². The van der Waals surface area contributed by atoms with Crippen LogP contribution >= 0.6 is 12.6 Å². The summed E-state index contributed by atoms with van der Waals surface area (Å²) >= 11 is 4.11. The molecule has 0 fully saturated rings. The van der Waals surface area contributed by atoms with Crippen molar-refractivity contribution in [2.75, 3.05) is 24.3 Å². The molecule has 0 radical (unpaired) electrons. The van der Waals surface area contributed by atoms with Crippen LogP contribution in [-0.4, -0.2) is 20.0 Å². The number of benzene rings is 2. The molecule has 0 heterocycles. The average molecular weight is 290 g/mol. The fraction of sp³-hybridized carbons (Fsp3) is 0.133. The first-order valence-corrected chi connectivity index (χ1v) is 6.49. The summed E-state index contributed by atoms with van der Waals surface area (Å²) in [6.07, 6.45) is 0. The van der Waals surface area contributed by atoms with E-state index in [2.05, 4.69) is 17.9 Å². The molecule has 0 unspecified atom stereocenters. The van der Waals surface area contributed by atoms with E-state index >= 15 is 0 Å². The van der Waals surface area contributed by atoms with E-state index in [0.29, 0.717) is 10.6 Å². The van der Waals surface area contributed by atoms with Crippen molar-refractivity contribution in [3.05, 3.63) is 53.8 Å². The molecule has 3 nitrogen and oxygen atoms in total. The quantitative estimate of drug-likeness (QED) is 0.849. The van der Waals surface area contributed by atoms with E-state index in [1.807, 2.05) is 31.1 Å². The van der Waals surface area contributed by atoms with Gasteiger partial charge in [0, 0.05) is 30.4 Å². The maximum Gasteiger partial charge on any atom is 0.258 e. The molecular weight excluding hydrogens is 275 g/mol. The molecule has 2 rings (SSSR count). The molecule has 0 spiro atoms. The van der Waals surface area contributed by atoms with E-state index < -0.39 is 11.7 Å². The zero-order valence-corrected chi connectivity index (χ0v) is 12.1. The van der Waals surface area contributed by atoms with Crippen LogP contribution in [0.25, 0.3) is 0 Å². The molecule has 0 aliphatic carbocycles. The number of carbonyl (C=O) groups excluding carboxylic acids is 1. The lowest BCUT2D eigenvalue weighted by atomic mass is 10.2. The number of rotatable bonds is 3. The van der Waals surface area contributed by atoms with Gasteiger partial charge in [-0.3, -0.25) is 4.79 Å². The minimum Gasteiger partial charge on any atom is -0.378 e.